The first-order chi connectivity index (χ1) is 5.33. The summed E-state index contributed by atoms with van der Waals surface area (Å²) in [5.74, 6) is 2.78. The predicted molar refractivity (Wildman–Crippen MR) is 60.9 cm³/mol. The summed E-state index contributed by atoms with van der Waals surface area (Å²) >= 11 is 6.30. The van der Waals surface area contributed by atoms with Gasteiger partial charge < -0.3 is 0 Å². The van der Waals surface area contributed by atoms with Gasteiger partial charge >= 0.3 is 0 Å². The van der Waals surface area contributed by atoms with Crippen LogP contribution >= 0.6 is 35.3 Å². The van der Waals surface area contributed by atoms with Crippen molar-refractivity contribution in [2.75, 3.05) is 17.8 Å². The molecule has 1 aliphatic heterocycles. The summed E-state index contributed by atoms with van der Waals surface area (Å²) in [6.45, 7) is 2.33. The van der Waals surface area contributed by atoms with Gasteiger partial charge in [-0.25, -0.2) is 0 Å². The summed E-state index contributed by atoms with van der Waals surface area (Å²) < 4.78 is 0.895. The molecule has 0 N–H and O–H groups in total. The van der Waals surface area contributed by atoms with E-state index in [-0.39, 0.29) is 0 Å². The molecule has 11 heavy (non-hydrogen) atoms. The van der Waals surface area contributed by atoms with E-state index in [1.165, 1.54) is 24.3 Å². The fraction of sp³-hybridized carbons (Fsp3) is 1.00. The fourth-order valence-electron chi connectivity index (χ4n) is 1.04. The highest BCUT2D eigenvalue weighted by atomic mass is 32.2. The Morgan fingerprint density at radius 2 is 2.09 bits per heavy atom. The maximum absolute atomic E-state index is 2.33. The normalized spacial score (nSPS) is 23.5. The van der Waals surface area contributed by atoms with Crippen molar-refractivity contribution in [2.45, 2.75) is 29.6 Å². The van der Waals surface area contributed by atoms with Gasteiger partial charge in [0.15, 0.2) is 0 Å². The minimum atomic E-state index is 0.845. The highest BCUT2D eigenvalue weighted by Crippen LogP contribution is 2.35. The van der Waals surface area contributed by atoms with Crippen LogP contribution in [0.25, 0.3) is 0 Å². The van der Waals surface area contributed by atoms with E-state index in [9.17, 15) is 0 Å². The molecule has 0 saturated carbocycles. The van der Waals surface area contributed by atoms with Crippen LogP contribution in [0.2, 0.25) is 0 Å². The lowest BCUT2D eigenvalue weighted by atomic mass is 10.4. The molecule has 3 heteroatoms. The van der Waals surface area contributed by atoms with E-state index in [0.29, 0.717) is 0 Å². The molecule has 0 aromatic rings. The molecule has 0 spiro atoms. The lowest BCUT2D eigenvalue weighted by molar-refractivity contribution is 0.883. The molecule has 1 fully saturated rings. The molecular formula is C8H16S3. The second-order valence-corrected chi connectivity index (χ2v) is 7.00. The minimum absolute atomic E-state index is 0.845. The van der Waals surface area contributed by atoms with Crippen LogP contribution in [0, 0.1) is 0 Å². The van der Waals surface area contributed by atoms with Crippen LogP contribution in [0.15, 0.2) is 0 Å². The van der Waals surface area contributed by atoms with Crippen LogP contribution < -0.4 is 0 Å². The summed E-state index contributed by atoms with van der Waals surface area (Å²) in [6, 6.07) is 0. The highest BCUT2D eigenvalue weighted by molar-refractivity contribution is 8.17. The molecule has 1 heterocycles. The molecule has 0 nitrogen and oxygen atoms in total. The van der Waals surface area contributed by atoms with Crippen LogP contribution in [0.3, 0.4) is 0 Å². The summed E-state index contributed by atoms with van der Waals surface area (Å²) in [4.78, 5) is 0. The van der Waals surface area contributed by atoms with E-state index in [2.05, 4.69) is 36.7 Å². The quantitative estimate of drug-likeness (QED) is 0.698. The maximum Gasteiger partial charge on any atom is 0.0512 e. The maximum atomic E-state index is 2.33. The monoisotopic (exact) mass is 208 g/mol. The van der Waals surface area contributed by atoms with Crippen molar-refractivity contribution in [1.29, 1.82) is 0 Å². The van der Waals surface area contributed by atoms with Crippen LogP contribution in [-0.2, 0) is 0 Å². The van der Waals surface area contributed by atoms with Gasteiger partial charge in [-0.15, -0.1) is 23.5 Å². The van der Waals surface area contributed by atoms with E-state index < -0.39 is 0 Å². The standard InChI is InChI=1S/C8H16S3/c1-7(9-2)6-8-10-4-3-5-11-8/h7-8H,3-6H2,1-2H3. The molecule has 0 aromatic heterocycles. The number of rotatable bonds is 3. The summed E-state index contributed by atoms with van der Waals surface area (Å²) in [6.07, 6.45) is 5.01. The SMILES string of the molecule is CSC(C)CC1SCCCS1. The molecule has 1 unspecified atom stereocenters. The Bertz CT molecular complexity index is 99.5. The van der Waals surface area contributed by atoms with E-state index in [4.69, 9.17) is 0 Å². The van der Waals surface area contributed by atoms with Crippen molar-refractivity contribution in [1.82, 2.24) is 0 Å². The molecule has 0 amide bonds. The van der Waals surface area contributed by atoms with Crippen molar-refractivity contribution in [3.8, 4) is 0 Å². The van der Waals surface area contributed by atoms with E-state index in [1.807, 2.05) is 11.8 Å². The lowest BCUT2D eigenvalue weighted by Crippen LogP contribution is -2.11. The zero-order valence-electron chi connectivity index (χ0n) is 7.21. The number of thioether (sulfide) groups is 3. The first-order valence-corrected chi connectivity index (χ1v) is 7.47. The molecule has 0 aliphatic carbocycles. The van der Waals surface area contributed by atoms with Gasteiger partial charge in [-0.1, -0.05) is 6.92 Å². The highest BCUT2D eigenvalue weighted by Gasteiger charge is 2.16. The van der Waals surface area contributed by atoms with Crippen molar-refractivity contribution in [2.24, 2.45) is 0 Å². The third-order valence-electron chi connectivity index (χ3n) is 1.82. The van der Waals surface area contributed by atoms with Gasteiger partial charge in [0.25, 0.3) is 0 Å². The molecule has 1 saturated heterocycles. The van der Waals surface area contributed by atoms with E-state index in [1.54, 1.807) is 0 Å². The van der Waals surface area contributed by atoms with Gasteiger partial charge in [0, 0.05) is 5.25 Å². The topological polar surface area (TPSA) is 0 Å². The predicted octanol–water partition coefficient (Wildman–Crippen LogP) is 3.32. The van der Waals surface area contributed by atoms with Crippen LogP contribution in [-0.4, -0.2) is 27.6 Å². The second kappa shape index (κ2) is 5.65. The first kappa shape index (κ1) is 10.1. The molecule has 0 radical (unpaired) electrons. The van der Waals surface area contributed by atoms with Crippen LogP contribution in [0.1, 0.15) is 19.8 Å². The van der Waals surface area contributed by atoms with Crippen molar-refractivity contribution in [3.63, 3.8) is 0 Å². The van der Waals surface area contributed by atoms with Gasteiger partial charge in [-0.05, 0) is 30.6 Å². The van der Waals surface area contributed by atoms with Crippen molar-refractivity contribution < 1.29 is 0 Å². The van der Waals surface area contributed by atoms with E-state index >= 15 is 0 Å². The molecule has 0 aromatic carbocycles. The Balaban J connectivity index is 2.13. The minimum Gasteiger partial charge on any atom is -0.162 e. The molecule has 1 atom stereocenters. The second-order valence-electron chi connectivity index (χ2n) is 2.81. The Labute approximate surface area is 82.7 Å². The number of hydrogen-bond donors (Lipinski definition) is 0. The third kappa shape index (κ3) is 4.00. The lowest BCUT2D eigenvalue weighted by Gasteiger charge is -2.22. The number of hydrogen-bond acceptors (Lipinski definition) is 3. The Morgan fingerprint density at radius 3 is 2.64 bits per heavy atom. The average molecular weight is 208 g/mol. The van der Waals surface area contributed by atoms with Gasteiger partial charge in [-0.3, -0.25) is 0 Å². The van der Waals surface area contributed by atoms with E-state index in [0.717, 1.165) is 9.83 Å². The molecule has 1 aliphatic rings. The fourth-order valence-corrected chi connectivity index (χ4v) is 4.81. The third-order valence-corrected chi connectivity index (χ3v) is 5.81. The van der Waals surface area contributed by atoms with Gasteiger partial charge in [-0.2, -0.15) is 11.8 Å². The molecule has 0 bridgehead atoms. The van der Waals surface area contributed by atoms with Gasteiger partial charge in [0.2, 0.25) is 0 Å². The Morgan fingerprint density at radius 1 is 1.45 bits per heavy atom. The van der Waals surface area contributed by atoms with Crippen LogP contribution in [0.4, 0.5) is 0 Å². The molecule has 1 rings (SSSR count). The zero-order chi connectivity index (χ0) is 8.10. The Hall–Kier alpha value is 1.05. The summed E-state index contributed by atoms with van der Waals surface area (Å²) in [7, 11) is 0. The molecular weight excluding hydrogens is 192 g/mol. The van der Waals surface area contributed by atoms with Gasteiger partial charge in [0.05, 0.1) is 4.58 Å². The first-order valence-electron chi connectivity index (χ1n) is 4.09. The Kier molecular flexibility index (Phi) is 5.21. The smallest absolute Gasteiger partial charge is 0.0512 e. The molecule has 66 valence electrons. The largest absolute Gasteiger partial charge is 0.162 e. The van der Waals surface area contributed by atoms with Crippen molar-refractivity contribution in [3.05, 3.63) is 0 Å². The van der Waals surface area contributed by atoms with Crippen LogP contribution in [0.5, 0.6) is 0 Å². The van der Waals surface area contributed by atoms with Crippen molar-refractivity contribution >= 4 is 35.3 Å². The average Bonchev–Trinajstić information content (AvgIpc) is 2.06. The summed E-state index contributed by atoms with van der Waals surface area (Å²) in [5.41, 5.74) is 0. The van der Waals surface area contributed by atoms with Gasteiger partial charge in [0.1, 0.15) is 0 Å². The summed E-state index contributed by atoms with van der Waals surface area (Å²) in [5, 5.41) is 0.845. The zero-order valence-corrected chi connectivity index (χ0v) is 9.66.